The molecule has 0 unspecified atom stereocenters. The Hall–Kier alpha value is -2.62. The number of ether oxygens (including phenoxy) is 1. The number of carbonyl (C=O) groups excluding carboxylic acids is 1. The van der Waals surface area contributed by atoms with Gasteiger partial charge in [0.05, 0.1) is 19.9 Å². The van der Waals surface area contributed by atoms with Gasteiger partial charge in [-0.2, -0.15) is 9.61 Å². The number of aromatic nitrogens is 6. The third-order valence-corrected chi connectivity index (χ3v) is 3.54. The molecule has 108 valence electrons. The van der Waals surface area contributed by atoms with Crippen LogP contribution in [0.2, 0.25) is 0 Å². The average molecular weight is 306 g/mol. The maximum absolute atomic E-state index is 11.8. The first kappa shape index (κ1) is 13.4. The van der Waals surface area contributed by atoms with Gasteiger partial charge in [0.15, 0.2) is 5.69 Å². The monoisotopic (exact) mass is 306 g/mol. The molecule has 3 rings (SSSR count). The Labute approximate surface area is 121 Å². The molecule has 0 spiro atoms. The van der Waals surface area contributed by atoms with E-state index in [1.807, 2.05) is 0 Å². The molecule has 0 aliphatic rings. The lowest BCUT2D eigenvalue weighted by Crippen LogP contribution is -2.14. The van der Waals surface area contributed by atoms with E-state index in [0.29, 0.717) is 15.7 Å². The molecule has 0 radical (unpaired) electrons. The maximum Gasteiger partial charge on any atom is 0.360 e. The molecular weight excluding hydrogens is 296 g/mol. The van der Waals surface area contributed by atoms with Crippen LogP contribution in [0.15, 0.2) is 17.1 Å². The molecule has 3 aromatic heterocycles. The van der Waals surface area contributed by atoms with Crippen LogP contribution in [0.4, 0.5) is 0 Å². The van der Waals surface area contributed by atoms with Gasteiger partial charge >= 0.3 is 5.97 Å². The van der Waals surface area contributed by atoms with Crippen LogP contribution in [0.3, 0.4) is 0 Å². The van der Waals surface area contributed by atoms with E-state index >= 15 is 0 Å². The number of fused-ring (bicyclic) bond motifs is 1. The minimum absolute atomic E-state index is 0.116. The van der Waals surface area contributed by atoms with Gasteiger partial charge in [0.25, 0.3) is 5.56 Å². The van der Waals surface area contributed by atoms with Gasteiger partial charge < -0.3 is 4.74 Å². The minimum Gasteiger partial charge on any atom is -0.464 e. The number of carbonyl (C=O) groups is 1. The van der Waals surface area contributed by atoms with Gasteiger partial charge in [-0.3, -0.25) is 4.79 Å². The Bertz CT molecular complexity index is 880. The van der Waals surface area contributed by atoms with Crippen molar-refractivity contribution in [1.82, 2.24) is 29.6 Å². The first-order chi connectivity index (χ1) is 10.1. The molecule has 0 amide bonds. The Balaban J connectivity index is 1.91. The predicted molar refractivity (Wildman–Crippen MR) is 72.3 cm³/mol. The standard InChI is InChI=1S/C11H10N6O3S/c1-6-3-9(18)17-11(12-6)21-8(14-17)5-16-4-7(13-15-16)10(19)20-2/h3-4H,5H2,1-2H3. The van der Waals surface area contributed by atoms with E-state index in [9.17, 15) is 9.59 Å². The van der Waals surface area contributed by atoms with Crippen molar-refractivity contribution in [2.75, 3.05) is 7.11 Å². The van der Waals surface area contributed by atoms with E-state index in [1.165, 1.54) is 39.9 Å². The van der Waals surface area contributed by atoms with Crippen molar-refractivity contribution in [2.45, 2.75) is 13.5 Å². The van der Waals surface area contributed by atoms with E-state index in [1.54, 1.807) is 6.92 Å². The van der Waals surface area contributed by atoms with Crippen LogP contribution >= 0.6 is 11.3 Å². The minimum atomic E-state index is -0.556. The molecule has 0 atom stereocenters. The summed E-state index contributed by atoms with van der Waals surface area (Å²) in [7, 11) is 1.27. The highest BCUT2D eigenvalue weighted by Crippen LogP contribution is 2.12. The Kier molecular flexibility index (Phi) is 3.22. The van der Waals surface area contributed by atoms with E-state index in [-0.39, 0.29) is 17.8 Å². The highest BCUT2D eigenvalue weighted by Gasteiger charge is 2.13. The number of hydrogen-bond donors (Lipinski definition) is 0. The van der Waals surface area contributed by atoms with Crippen LogP contribution in [-0.4, -0.2) is 42.7 Å². The van der Waals surface area contributed by atoms with E-state index < -0.39 is 5.97 Å². The number of nitrogens with zero attached hydrogens (tertiary/aromatic N) is 6. The third kappa shape index (κ3) is 2.52. The normalized spacial score (nSPS) is 11.0. The van der Waals surface area contributed by atoms with Crippen molar-refractivity contribution in [3.8, 4) is 0 Å². The molecule has 9 nitrogen and oxygen atoms in total. The summed E-state index contributed by atoms with van der Waals surface area (Å²) in [5, 5.41) is 12.3. The Morgan fingerprint density at radius 1 is 1.48 bits per heavy atom. The lowest BCUT2D eigenvalue weighted by atomic mass is 10.5. The summed E-state index contributed by atoms with van der Waals surface area (Å²) >= 11 is 1.28. The lowest BCUT2D eigenvalue weighted by molar-refractivity contribution is 0.0594. The molecule has 0 N–H and O–H groups in total. The van der Waals surface area contributed by atoms with Gasteiger partial charge in [-0.1, -0.05) is 16.6 Å². The van der Waals surface area contributed by atoms with Crippen LogP contribution in [0.5, 0.6) is 0 Å². The average Bonchev–Trinajstić information content (AvgIpc) is 3.05. The van der Waals surface area contributed by atoms with Crippen molar-refractivity contribution < 1.29 is 9.53 Å². The van der Waals surface area contributed by atoms with Crippen molar-refractivity contribution in [3.63, 3.8) is 0 Å². The van der Waals surface area contributed by atoms with Crippen molar-refractivity contribution in [2.24, 2.45) is 0 Å². The van der Waals surface area contributed by atoms with E-state index in [0.717, 1.165) is 0 Å². The van der Waals surface area contributed by atoms with Gasteiger partial charge in [-0.05, 0) is 6.92 Å². The maximum atomic E-state index is 11.8. The molecule has 3 heterocycles. The van der Waals surface area contributed by atoms with Gasteiger partial charge in [0.1, 0.15) is 5.01 Å². The summed E-state index contributed by atoms with van der Waals surface area (Å²) in [5.74, 6) is -0.556. The summed E-state index contributed by atoms with van der Waals surface area (Å²) in [4.78, 5) is 27.8. The predicted octanol–water partition coefficient (Wildman–Crippen LogP) is -0.114. The molecule has 0 saturated carbocycles. The molecule has 3 aromatic rings. The Morgan fingerprint density at radius 3 is 3.05 bits per heavy atom. The second kappa shape index (κ2) is 5.05. The molecule has 0 aromatic carbocycles. The fourth-order valence-corrected chi connectivity index (χ4v) is 2.67. The number of hydrogen-bond acceptors (Lipinski definition) is 8. The zero-order valence-corrected chi connectivity index (χ0v) is 12.0. The molecule has 0 saturated heterocycles. The fraction of sp³-hybridized carbons (Fsp3) is 0.273. The SMILES string of the molecule is COC(=O)c1cn(Cc2nn3c(=O)cc(C)nc3s2)nn1. The first-order valence-electron chi connectivity index (χ1n) is 5.91. The van der Waals surface area contributed by atoms with Gasteiger partial charge in [0, 0.05) is 11.8 Å². The van der Waals surface area contributed by atoms with Crippen LogP contribution in [0, 0.1) is 6.92 Å². The molecular formula is C11H10N6O3S. The van der Waals surface area contributed by atoms with Gasteiger partial charge in [0.2, 0.25) is 4.96 Å². The van der Waals surface area contributed by atoms with Crippen molar-refractivity contribution >= 4 is 22.3 Å². The fourth-order valence-electron chi connectivity index (χ4n) is 1.74. The van der Waals surface area contributed by atoms with Gasteiger partial charge in [-0.25, -0.2) is 14.5 Å². The van der Waals surface area contributed by atoms with E-state index in [2.05, 4.69) is 25.1 Å². The quantitative estimate of drug-likeness (QED) is 0.621. The highest BCUT2D eigenvalue weighted by molar-refractivity contribution is 7.16. The topological polar surface area (TPSA) is 104 Å². The molecule has 0 bridgehead atoms. The highest BCUT2D eigenvalue weighted by atomic mass is 32.1. The molecule has 0 fully saturated rings. The Morgan fingerprint density at radius 2 is 2.29 bits per heavy atom. The van der Waals surface area contributed by atoms with Gasteiger partial charge in [-0.15, -0.1) is 5.10 Å². The summed E-state index contributed by atoms with van der Waals surface area (Å²) in [6.45, 7) is 2.04. The van der Waals surface area contributed by atoms with Crippen LogP contribution in [0.25, 0.3) is 4.96 Å². The summed E-state index contributed by atoms with van der Waals surface area (Å²) in [6.07, 6.45) is 1.46. The molecule has 10 heteroatoms. The van der Waals surface area contributed by atoms with Crippen molar-refractivity contribution in [3.05, 3.63) is 39.0 Å². The third-order valence-electron chi connectivity index (χ3n) is 2.65. The van der Waals surface area contributed by atoms with Crippen LogP contribution < -0.4 is 5.56 Å². The number of aryl methyl sites for hydroxylation is 1. The summed E-state index contributed by atoms with van der Waals surface area (Å²) < 4.78 is 7.24. The molecule has 21 heavy (non-hydrogen) atoms. The van der Waals surface area contributed by atoms with Crippen LogP contribution in [0.1, 0.15) is 21.2 Å². The van der Waals surface area contributed by atoms with Crippen molar-refractivity contribution in [1.29, 1.82) is 0 Å². The number of methoxy groups -OCH3 is 1. The second-order valence-electron chi connectivity index (χ2n) is 4.22. The van der Waals surface area contributed by atoms with E-state index in [4.69, 9.17) is 0 Å². The largest absolute Gasteiger partial charge is 0.464 e. The molecule has 0 aliphatic heterocycles. The zero-order valence-electron chi connectivity index (χ0n) is 11.2. The molecule has 0 aliphatic carbocycles. The zero-order chi connectivity index (χ0) is 15.0. The van der Waals surface area contributed by atoms with Crippen LogP contribution in [-0.2, 0) is 11.3 Å². The smallest absolute Gasteiger partial charge is 0.360 e. The number of esters is 1. The summed E-state index contributed by atoms with van der Waals surface area (Å²) in [5.41, 5.74) is 0.530. The number of rotatable bonds is 3. The summed E-state index contributed by atoms with van der Waals surface area (Å²) in [6, 6.07) is 1.42. The lowest BCUT2D eigenvalue weighted by Gasteiger charge is -1.93. The first-order valence-corrected chi connectivity index (χ1v) is 6.73. The second-order valence-corrected chi connectivity index (χ2v) is 5.26.